The van der Waals surface area contributed by atoms with Crippen molar-refractivity contribution in [2.45, 2.75) is 18.8 Å². The number of methoxy groups -OCH3 is 1. The Morgan fingerprint density at radius 1 is 1.47 bits per heavy atom. The van der Waals surface area contributed by atoms with Crippen LogP contribution in [0, 0.1) is 11.3 Å². The number of ether oxygens (including phenoxy) is 1. The first-order valence-electron chi connectivity index (χ1n) is 5.54. The van der Waals surface area contributed by atoms with E-state index in [0.717, 1.165) is 29.4 Å². The number of nitrogens with one attached hydrogen (secondary N) is 1. The van der Waals surface area contributed by atoms with Crippen molar-refractivity contribution in [2.24, 2.45) is 0 Å². The van der Waals surface area contributed by atoms with E-state index in [1.807, 2.05) is 12.1 Å². The molecule has 0 aliphatic heterocycles. The van der Waals surface area contributed by atoms with E-state index in [1.165, 1.54) is 0 Å². The highest BCUT2D eigenvalue weighted by molar-refractivity contribution is 6.37. The summed E-state index contributed by atoms with van der Waals surface area (Å²) in [7, 11) is 1.58. The zero-order chi connectivity index (χ0) is 12.0. The van der Waals surface area contributed by atoms with E-state index in [-0.39, 0.29) is 0 Å². The number of hydrogen-bond acceptors (Lipinski definition) is 2. The fraction of sp³-hybridized carbons (Fsp3) is 0.308. The molecule has 1 heterocycles. The Balaban J connectivity index is 2.35. The molecule has 0 amide bonds. The molecule has 0 bridgehead atoms. The Bertz CT molecular complexity index is 635. The Kier molecular flexibility index (Phi) is 2.27. The molecular formula is C13H11ClN2O. The van der Waals surface area contributed by atoms with Crippen LogP contribution in [0.5, 0.6) is 5.75 Å². The molecule has 2 aromatic rings. The lowest BCUT2D eigenvalue weighted by Crippen LogP contribution is -1.85. The third-order valence-corrected chi connectivity index (χ3v) is 3.59. The molecule has 0 saturated heterocycles. The predicted octanol–water partition coefficient (Wildman–Crippen LogP) is 3.58. The largest absolute Gasteiger partial charge is 0.495 e. The lowest BCUT2D eigenvalue weighted by Gasteiger charge is -2.03. The van der Waals surface area contributed by atoms with Gasteiger partial charge < -0.3 is 9.72 Å². The van der Waals surface area contributed by atoms with Gasteiger partial charge in [0.2, 0.25) is 0 Å². The number of fused-ring (bicyclic) bond motifs is 1. The van der Waals surface area contributed by atoms with Crippen molar-refractivity contribution in [3.05, 3.63) is 28.4 Å². The molecule has 17 heavy (non-hydrogen) atoms. The van der Waals surface area contributed by atoms with Crippen LogP contribution in [0.15, 0.2) is 12.1 Å². The van der Waals surface area contributed by atoms with Gasteiger partial charge >= 0.3 is 0 Å². The number of aromatic amines is 1. The topological polar surface area (TPSA) is 48.8 Å². The van der Waals surface area contributed by atoms with Gasteiger partial charge in [0, 0.05) is 22.5 Å². The van der Waals surface area contributed by atoms with Gasteiger partial charge in [-0.1, -0.05) is 11.6 Å². The molecule has 0 atom stereocenters. The van der Waals surface area contributed by atoms with Crippen molar-refractivity contribution in [1.82, 2.24) is 4.98 Å². The van der Waals surface area contributed by atoms with E-state index in [9.17, 15) is 5.26 Å². The van der Waals surface area contributed by atoms with Gasteiger partial charge in [0.15, 0.2) is 0 Å². The van der Waals surface area contributed by atoms with Crippen molar-refractivity contribution < 1.29 is 4.74 Å². The standard InChI is InChI=1S/C13H11ClN2O/c1-17-10-5-4-9-11(12(10)14)8(6-15)13(16-9)7-2-3-7/h4-5,7,16H,2-3H2,1H3. The van der Waals surface area contributed by atoms with Crippen LogP contribution in [0.2, 0.25) is 5.02 Å². The molecule has 0 spiro atoms. The third kappa shape index (κ3) is 1.49. The van der Waals surface area contributed by atoms with Crippen LogP contribution in [0.4, 0.5) is 0 Å². The number of nitriles is 1. The number of H-pyrrole nitrogens is 1. The molecule has 1 saturated carbocycles. The second kappa shape index (κ2) is 3.68. The summed E-state index contributed by atoms with van der Waals surface area (Å²) in [6.45, 7) is 0. The molecule has 0 radical (unpaired) electrons. The molecule has 1 N–H and O–H groups in total. The molecule has 3 rings (SSSR count). The van der Waals surface area contributed by atoms with Crippen LogP contribution < -0.4 is 4.74 Å². The van der Waals surface area contributed by atoms with Crippen molar-refractivity contribution >= 4 is 22.5 Å². The number of halogens is 1. The average molecular weight is 247 g/mol. The number of benzene rings is 1. The van der Waals surface area contributed by atoms with Crippen LogP contribution >= 0.6 is 11.6 Å². The molecule has 1 aliphatic carbocycles. The molecule has 86 valence electrons. The minimum absolute atomic E-state index is 0.499. The lowest BCUT2D eigenvalue weighted by molar-refractivity contribution is 0.415. The van der Waals surface area contributed by atoms with Crippen LogP contribution in [0.3, 0.4) is 0 Å². The summed E-state index contributed by atoms with van der Waals surface area (Å²) >= 11 is 6.27. The summed E-state index contributed by atoms with van der Waals surface area (Å²) in [5.74, 6) is 1.11. The van der Waals surface area contributed by atoms with Gasteiger partial charge in [0.1, 0.15) is 11.8 Å². The van der Waals surface area contributed by atoms with Crippen LogP contribution in [-0.4, -0.2) is 12.1 Å². The van der Waals surface area contributed by atoms with Crippen molar-refractivity contribution in [3.63, 3.8) is 0 Å². The summed E-state index contributed by atoms with van der Waals surface area (Å²) in [5.41, 5.74) is 2.61. The Hall–Kier alpha value is -1.66. The fourth-order valence-electron chi connectivity index (χ4n) is 2.20. The highest BCUT2D eigenvalue weighted by atomic mass is 35.5. The van der Waals surface area contributed by atoms with Gasteiger partial charge in [-0.2, -0.15) is 5.26 Å². The fourth-order valence-corrected chi connectivity index (χ4v) is 2.54. The smallest absolute Gasteiger partial charge is 0.138 e. The van der Waals surface area contributed by atoms with Crippen molar-refractivity contribution in [3.8, 4) is 11.8 Å². The van der Waals surface area contributed by atoms with Gasteiger partial charge in [-0.25, -0.2) is 0 Å². The zero-order valence-electron chi connectivity index (χ0n) is 9.38. The maximum absolute atomic E-state index is 9.30. The third-order valence-electron chi connectivity index (χ3n) is 3.21. The highest BCUT2D eigenvalue weighted by Crippen LogP contribution is 2.45. The quantitative estimate of drug-likeness (QED) is 0.881. The molecular weight excluding hydrogens is 236 g/mol. The zero-order valence-corrected chi connectivity index (χ0v) is 10.1. The van der Waals surface area contributed by atoms with E-state index in [2.05, 4.69) is 11.1 Å². The predicted molar refractivity (Wildman–Crippen MR) is 66.6 cm³/mol. The first-order chi connectivity index (χ1) is 8.26. The van der Waals surface area contributed by atoms with E-state index in [4.69, 9.17) is 16.3 Å². The van der Waals surface area contributed by atoms with Gasteiger partial charge in [-0.15, -0.1) is 0 Å². The summed E-state index contributed by atoms with van der Waals surface area (Å²) in [5, 5.41) is 10.6. The van der Waals surface area contributed by atoms with Crippen LogP contribution in [0.1, 0.15) is 30.0 Å². The first-order valence-corrected chi connectivity index (χ1v) is 5.92. The van der Waals surface area contributed by atoms with Gasteiger partial charge in [-0.05, 0) is 25.0 Å². The van der Waals surface area contributed by atoms with Crippen LogP contribution in [0.25, 0.3) is 10.9 Å². The van der Waals surface area contributed by atoms with E-state index in [0.29, 0.717) is 22.3 Å². The maximum atomic E-state index is 9.30. The monoisotopic (exact) mass is 246 g/mol. The number of hydrogen-bond donors (Lipinski definition) is 1. The number of aromatic nitrogens is 1. The number of nitrogens with zero attached hydrogens (tertiary/aromatic N) is 1. The van der Waals surface area contributed by atoms with E-state index < -0.39 is 0 Å². The highest BCUT2D eigenvalue weighted by Gasteiger charge is 2.30. The molecule has 1 fully saturated rings. The normalized spacial score (nSPS) is 14.9. The van der Waals surface area contributed by atoms with E-state index in [1.54, 1.807) is 7.11 Å². The molecule has 4 heteroatoms. The lowest BCUT2D eigenvalue weighted by atomic mass is 10.1. The maximum Gasteiger partial charge on any atom is 0.138 e. The molecule has 1 aromatic heterocycles. The van der Waals surface area contributed by atoms with E-state index >= 15 is 0 Å². The summed E-state index contributed by atoms with van der Waals surface area (Å²) < 4.78 is 5.18. The molecule has 1 aliphatic rings. The van der Waals surface area contributed by atoms with Crippen molar-refractivity contribution in [1.29, 1.82) is 5.26 Å². The molecule has 1 aromatic carbocycles. The minimum atomic E-state index is 0.499. The first kappa shape index (κ1) is 10.5. The second-order valence-electron chi connectivity index (χ2n) is 4.30. The molecule has 0 unspecified atom stereocenters. The Morgan fingerprint density at radius 3 is 2.82 bits per heavy atom. The minimum Gasteiger partial charge on any atom is -0.495 e. The van der Waals surface area contributed by atoms with Gasteiger partial charge in [0.25, 0.3) is 0 Å². The number of rotatable bonds is 2. The SMILES string of the molecule is COc1ccc2[nH]c(C3CC3)c(C#N)c2c1Cl. The van der Waals surface area contributed by atoms with Crippen molar-refractivity contribution in [2.75, 3.05) is 7.11 Å². The Morgan fingerprint density at radius 2 is 2.24 bits per heavy atom. The average Bonchev–Trinajstić information content (AvgIpc) is 3.10. The van der Waals surface area contributed by atoms with Gasteiger partial charge in [0.05, 0.1) is 17.7 Å². The second-order valence-corrected chi connectivity index (χ2v) is 4.68. The summed E-state index contributed by atoms with van der Waals surface area (Å²) in [6, 6.07) is 5.99. The van der Waals surface area contributed by atoms with Crippen LogP contribution in [-0.2, 0) is 0 Å². The summed E-state index contributed by atoms with van der Waals surface area (Å²) in [4.78, 5) is 3.31. The summed E-state index contributed by atoms with van der Waals surface area (Å²) in [6.07, 6.45) is 2.30. The van der Waals surface area contributed by atoms with Gasteiger partial charge in [-0.3, -0.25) is 0 Å². The Labute approximate surface area is 104 Å². The molecule has 3 nitrogen and oxygen atoms in total.